The van der Waals surface area contributed by atoms with Gasteiger partial charge in [-0.05, 0) is 25.3 Å². The number of nitrogens with zero attached hydrogens (tertiary/aromatic N) is 3. The zero-order chi connectivity index (χ0) is 15.1. The van der Waals surface area contributed by atoms with Crippen molar-refractivity contribution in [3.05, 3.63) is 27.5 Å². The van der Waals surface area contributed by atoms with Gasteiger partial charge in [0.05, 0.1) is 0 Å². The van der Waals surface area contributed by atoms with Crippen LogP contribution in [0.15, 0.2) is 10.9 Å². The molecule has 0 bridgehead atoms. The van der Waals surface area contributed by atoms with Crippen LogP contribution in [0.1, 0.15) is 50.7 Å². The third kappa shape index (κ3) is 3.53. The van der Waals surface area contributed by atoms with E-state index in [-0.39, 0.29) is 11.4 Å². The van der Waals surface area contributed by atoms with Crippen LogP contribution in [0, 0.1) is 18.3 Å². The highest BCUT2D eigenvalue weighted by Crippen LogP contribution is 2.13. The van der Waals surface area contributed by atoms with Crippen molar-refractivity contribution in [2.24, 2.45) is 0 Å². The number of rotatable bonds is 7. The predicted octanol–water partition coefficient (Wildman–Crippen LogP) is 2.27. The molecule has 5 nitrogen and oxygen atoms in total. The predicted molar refractivity (Wildman–Crippen MR) is 79.6 cm³/mol. The zero-order valence-electron chi connectivity index (χ0n) is 12.5. The van der Waals surface area contributed by atoms with Crippen molar-refractivity contribution >= 4 is 0 Å². The Balaban J connectivity index is 3.25. The van der Waals surface area contributed by atoms with Gasteiger partial charge in [0.15, 0.2) is 0 Å². The van der Waals surface area contributed by atoms with Gasteiger partial charge in [0, 0.05) is 19.2 Å². The smallest absolute Gasteiger partial charge is 0.290 e. The van der Waals surface area contributed by atoms with E-state index in [0.717, 1.165) is 25.7 Å². The van der Waals surface area contributed by atoms with Crippen LogP contribution in [0.2, 0.25) is 0 Å². The molecule has 1 aromatic rings. The van der Waals surface area contributed by atoms with E-state index in [1.54, 1.807) is 6.92 Å². The van der Waals surface area contributed by atoms with Crippen molar-refractivity contribution in [2.75, 3.05) is 18.1 Å². The van der Waals surface area contributed by atoms with Crippen LogP contribution in [0.25, 0.3) is 0 Å². The highest BCUT2D eigenvalue weighted by atomic mass is 16.3. The molecule has 0 radical (unpaired) electrons. The molecular weight excluding hydrogens is 254 g/mol. The molecule has 1 N–H and O–H groups in total. The molecule has 0 fully saturated rings. The Kier molecular flexibility index (Phi) is 6.10. The maximum atomic E-state index is 12.3. The molecule has 110 valence electrons. The number of aromatic hydroxyl groups is 1. The number of pyridine rings is 1. The molecule has 0 aromatic carbocycles. The molecule has 1 heterocycles. The van der Waals surface area contributed by atoms with Crippen LogP contribution in [0.4, 0.5) is 0 Å². The average Bonchev–Trinajstić information content (AvgIpc) is 2.41. The molecule has 0 saturated carbocycles. The fourth-order valence-electron chi connectivity index (χ4n) is 2.11. The minimum Gasteiger partial charge on any atom is -0.493 e. The van der Waals surface area contributed by atoms with E-state index < -0.39 is 5.56 Å². The van der Waals surface area contributed by atoms with Gasteiger partial charge in [0.1, 0.15) is 11.6 Å². The third-order valence-corrected chi connectivity index (χ3v) is 3.30. The van der Waals surface area contributed by atoms with Crippen molar-refractivity contribution in [3.63, 3.8) is 0 Å². The lowest BCUT2D eigenvalue weighted by atomic mass is 10.2. The first-order valence-corrected chi connectivity index (χ1v) is 7.17. The van der Waals surface area contributed by atoms with E-state index in [4.69, 9.17) is 5.26 Å². The summed E-state index contributed by atoms with van der Waals surface area (Å²) in [4.78, 5) is 12.3. The summed E-state index contributed by atoms with van der Waals surface area (Å²) in [7, 11) is 0. The summed E-state index contributed by atoms with van der Waals surface area (Å²) in [6.45, 7) is 7.20. The highest BCUT2D eigenvalue weighted by Gasteiger charge is 2.16. The van der Waals surface area contributed by atoms with Crippen LogP contribution in [-0.4, -0.2) is 22.9 Å². The van der Waals surface area contributed by atoms with Crippen molar-refractivity contribution in [2.45, 2.75) is 46.5 Å². The molecule has 1 rings (SSSR count). The first-order valence-electron chi connectivity index (χ1n) is 7.17. The van der Waals surface area contributed by atoms with Gasteiger partial charge >= 0.3 is 0 Å². The molecule has 0 atom stereocenters. The van der Waals surface area contributed by atoms with Crippen LogP contribution >= 0.6 is 0 Å². The molecule has 1 aromatic heterocycles. The monoisotopic (exact) mass is 277 g/mol. The third-order valence-electron chi connectivity index (χ3n) is 3.30. The van der Waals surface area contributed by atoms with Gasteiger partial charge in [-0.1, -0.05) is 26.7 Å². The van der Waals surface area contributed by atoms with Gasteiger partial charge in [0.25, 0.3) is 5.56 Å². The van der Waals surface area contributed by atoms with Crippen LogP contribution in [0.3, 0.4) is 0 Å². The van der Waals surface area contributed by atoms with Crippen molar-refractivity contribution in [1.82, 2.24) is 4.68 Å². The quantitative estimate of drug-likeness (QED) is 0.830. The molecule has 0 aliphatic carbocycles. The Bertz CT molecular complexity index is 535. The minimum atomic E-state index is -0.433. The maximum absolute atomic E-state index is 12.3. The molecule has 0 unspecified atom stereocenters. The number of aromatic nitrogens is 1. The summed E-state index contributed by atoms with van der Waals surface area (Å²) < 4.78 is 1.25. The van der Waals surface area contributed by atoms with Crippen LogP contribution in [-0.2, 0) is 0 Å². The lowest BCUT2D eigenvalue weighted by Crippen LogP contribution is -2.44. The van der Waals surface area contributed by atoms with Crippen LogP contribution in [0.5, 0.6) is 5.88 Å². The van der Waals surface area contributed by atoms with Crippen LogP contribution < -0.4 is 10.6 Å². The Hall–Kier alpha value is -1.96. The molecule has 0 saturated heterocycles. The van der Waals surface area contributed by atoms with Crippen molar-refractivity contribution in [3.8, 4) is 11.9 Å². The minimum absolute atomic E-state index is 0.0980. The van der Waals surface area contributed by atoms with Gasteiger partial charge in [-0.15, -0.1) is 0 Å². The molecule has 0 amide bonds. The Morgan fingerprint density at radius 3 is 2.30 bits per heavy atom. The second-order valence-electron chi connectivity index (χ2n) is 4.95. The maximum Gasteiger partial charge on any atom is 0.290 e. The second kappa shape index (κ2) is 7.59. The van der Waals surface area contributed by atoms with Gasteiger partial charge in [-0.2, -0.15) is 9.94 Å². The fraction of sp³-hybridized carbons (Fsp3) is 0.600. The van der Waals surface area contributed by atoms with E-state index >= 15 is 0 Å². The topological polar surface area (TPSA) is 69.3 Å². The standard InChI is InChI=1S/C15H23N3O2/c1-4-6-8-17(9-7-5-2)18-14(19)10-12(3)13(11-16)15(18)20/h10,19H,4-9H2,1-3H3. The molecule has 0 spiro atoms. The zero-order valence-corrected chi connectivity index (χ0v) is 12.5. The lowest BCUT2D eigenvalue weighted by Gasteiger charge is -2.27. The van der Waals surface area contributed by atoms with Gasteiger partial charge < -0.3 is 10.1 Å². The van der Waals surface area contributed by atoms with E-state index in [1.165, 1.54) is 10.7 Å². The van der Waals surface area contributed by atoms with Gasteiger partial charge in [0.2, 0.25) is 5.88 Å². The summed E-state index contributed by atoms with van der Waals surface area (Å²) in [6.07, 6.45) is 3.89. The largest absolute Gasteiger partial charge is 0.493 e. The normalized spacial score (nSPS) is 10.3. The van der Waals surface area contributed by atoms with Gasteiger partial charge in [-0.3, -0.25) is 4.79 Å². The average molecular weight is 277 g/mol. The van der Waals surface area contributed by atoms with Gasteiger partial charge in [-0.25, -0.2) is 0 Å². The number of unbranched alkanes of at least 4 members (excludes halogenated alkanes) is 2. The Morgan fingerprint density at radius 1 is 1.30 bits per heavy atom. The summed E-state index contributed by atoms with van der Waals surface area (Å²) >= 11 is 0. The lowest BCUT2D eigenvalue weighted by molar-refractivity contribution is 0.387. The summed E-state index contributed by atoms with van der Waals surface area (Å²) in [5.41, 5.74) is 0.176. The molecule has 0 aliphatic rings. The Morgan fingerprint density at radius 2 is 1.85 bits per heavy atom. The fourth-order valence-corrected chi connectivity index (χ4v) is 2.11. The Labute approximate surface area is 120 Å². The summed E-state index contributed by atoms with van der Waals surface area (Å²) in [5.74, 6) is -0.0984. The number of hydrogen-bond donors (Lipinski definition) is 1. The second-order valence-corrected chi connectivity index (χ2v) is 4.95. The molecule has 20 heavy (non-hydrogen) atoms. The molecule has 5 heteroatoms. The number of hydrogen-bond acceptors (Lipinski definition) is 4. The van der Waals surface area contributed by atoms with E-state index in [9.17, 15) is 9.90 Å². The van der Waals surface area contributed by atoms with E-state index in [2.05, 4.69) is 13.8 Å². The SMILES string of the molecule is CCCCN(CCCC)n1c(O)cc(C)c(C#N)c1=O. The van der Waals surface area contributed by atoms with E-state index in [0.29, 0.717) is 18.7 Å². The van der Waals surface area contributed by atoms with E-state index in [1.807, 2.05) is 11.1 Å². The molecule has 0 aliphatic heterocycles. The first kappa shape index (κ1) is 16.1. The summed E-state index contributed by atoms with van der Waals surface area (Å²) in [5, 5.41) is 21.0. The number of aryl methyl sites for hydroxylation is 1. The highest BCUT2D eigenvalue weighted by molar-refractivity contribution is 5.38. The summed E-state index contributed by atoms with van der Waals surface area (Å²) in [6, 6.07) is 3.40. The molecular formula is C15H23N3O2. The van der Waals surface area contributed by atoms with Crippen molar-refractivity contribution < 1.29 is 5.11 Å². The van der Waals surface area contributed by atoms with Crippen molar-refractivity contribution in [1.29, 1.82) is 5.26 Å². The first-order chi connectivity index (χ1) is 9.56. The number of nitriles is 1.